The third-order valence-corrected chi connectivity index (χ3v) is 3.77. The van der Waals surface area contributed by atoms with Crippen molar-refractivity contribution in [3.05, 3.63) is 11.6 Å². The molecule has 0 saturated heterocycles. The molecule has 2 nitrogen and oxygen atoms in total. The number of esters is 1. The Kier molecular flexibility index (Phi) is 7.79. The lowest BCUT2D eigenvalue weighted by molar-refractivity contribution is -0.146. The molecule has 0 aromatic heterocycles. The van der Waals surface area contributed by atoms with Gasteiger partial charge in [-0.2, -0.15) is 0 Å². The Labute approximate surface area is 112 Å². The molecule has 0 radical (unpaired) electrons. The molecule has 1 rings (SSSR count). The maximum Gasteiger partial charge on any atom is 0.312 e. The van der Waals surface area contributed by atoms with E-state index in [0.29, 0.717) is 6.61 Å². The first-order valence-corrected chi connectivity index (χ1v) is 7.61. The minimum atomic E-state index is -0.0568. The number of hydrogen-bond acceptors (Lipinski definition) is 2. The minimum Gasteiger partial charge on any atom is -0.466 e. The Morgan fingerprint density at radius 3 is 2.44 bits per heavy atom. The van der Waals surface area contributed by atoms with E-state index < -0.39 is 0 Å². The van der Waals surface area contributed by atoms with Gasteiger partial charge in [0.2, 0.25) is 0 Å². The Bertz CT molecular complexity index is 268. The molecule has 0 spiro atoms. The van der Waals surface area contributed by atoms with Crippen molar-refractivity contribution in [3.63, 3.8) is 0 Å². The quantitative estimate of drug-likeness (QED) is 0.540. The summed E-state index contributed by atoms with van der Waals surface area (Å²) in [7, 11) is 0. The number of allylic oxidation sites excluding steroid dienone is 1. The van der Waals surface area contributed by atoms with Gasteiger partial charge in [-0.3, -0.25) is 4.79 Å². The molecule has 0 aliphatic heterocycles. The van der Waals surface area contributed by atoms with Crippen LogP contribution in [0.3, 0.4) is 0 Å². The predicted molar refractivity (Wildman–Crippen MR) is 75.4 cm³/mol. The molecule has 1 aliphatic carbocycles. The fourth-order valence-corrected chi connectivity index (χ4v) is 2.56. The smallest absolute Gasteiger partial charge is 0.312 e. The summed E-state index contributed by atoms with van der Waals surface area (Å²) in [5, 5.41) is 0. The highest BCUT2D eigenvalue weighted by Gasteiger charge is 2.18. The van der Waals surface area contributed by atoms with Crippen LogP contribution in [0.15, 0.2) is 11.6 Å². The maximum atomic E-state index is 11.8. The van der Waals surface area contributed by atoms with Gasteiger partial charge in [-0.15, -0.1) is 0 Å². The van der Waals surface area contributed by atoms with Crippen LogP contribution in [0.4, 0.5) is 0 Å². The summed E-state index contributed by atoms with van der Waals surface area (Å²) in [5.41, 5.74) is 1.30. The molecule has 0 saturated carbocycles. The van der Waals surface area contributed by atoms with Gasteiger partial charge in [0, 0.05) is 0 Å². The molecular formula is C16H28O2. The van der Waals surface area contributed by atoms with Gasteiger partial charge in [-0.25, -0.2) is 0 Å². The second kappa shape index (κ2) is 9.18. The standard InChI is InChI=1S/C16H28O2/c1-3-18-16(17)14(2)15-12-10-8-6-4-5-7-9-11-13-15/h12,14H,3-11,13H2,1-2H3/b15-12+. The summed E-state index contributed by atoms with van der Waals surface area (Å²) in [6, 6.07) is 0. The van der Waals surface area contributed by atoms with Crippen LogP contribution in [0.1, 0.15) is 71.6 Å². The predicted octanol–water partition coefficient (Wildman–Crippen LogP) is 4.64. The second-order valence-electron chi connectivity index (χ2n) is 5.27. The highest BCUT2D eigenvalue weighted by atomic mass is 16.5. The summed E-state index contributed by atoms with van der Waals surface area (Å²) >= 11 is 0. The number of hydrogen-bond donors (Lipinski definition) is 0. The zero-order valence-corrected chi connectivity index (χ0v) is 12.0. The van der Waals surface area contributed by atoms with Crippen LogP contribution in [0.5, 0.6) is 0 Å². The monoisotopic (exact) mass is 252 g/mol. The molecule has 104 valence electrons. The number of carbonyl (C=O) groups excluding carboxylic acids is 1. The summed E-state index contributed by atoms with van der Waals surface area (Å²) in [4.78, 5) is 11.8. The molecule has 0 fully saturated rings. The molecule has 0 aromatic carbocycles. The largest absolute Gasteiger partial charge is 0.466 e. The van der Waals surface area contributed by atoms with E-state index in [2.05, 4.69) is 6.08 Å². The molecule has 0 bridgehead atoms. The topological polar surface area (TPSA) is 26.3 Å². The minimum absolute atomic E-state index is 0.0503. The Morgan fingerprint density at radius 2 is 1.78 bits per heavy atom. The molecule has 1 unspecified atom stereocenters. The van der Waals surface area contributed by atoms with Crippen LogP contribution in [0, 0.1) is 5.92 Å². The molecule has 2 heteroatoms. The molecule has 0 aromatic rings. The van der Waals surface area contributed by atoms with E-state index in [1.54, 1.807) is 0 Å². The fourth-order valence-electron chi connectivity index (χ4n) is 2.56. The summed E-state index contributed by atoms with van der Waals surface area (Å²) < 4.78 is 5.13. The van der Waals surface area contributed by atoms with E-state index in [-0.39, 0.29) is 11.9 Å². The van der Waals surface area contributed by atoms with E-state index in [9.17, 15) is 4.79 Å². The van der Waals surface area contributed by atoms with E-state index in [1.165, 1.54) is 50.5 Å². The summed E-state index contributed by atoms with van der Waals surface area (Å²) in [6.45, 7) is 4.34. The van der Waals surface area contributed by atoms with Gasteiger partial charge in [0.25, 0.3) is 0 Å². The zero-order chi connectivity index (χ0) is 13.2. The Morgan fingerprint density at radius 1 is 1.17 bits per heavy atom. The average molecular weight is 252 g/mol. The molecule has 1 aliphatic rings. The van der Waals surface area contributed by atoms with Gasteiger partial charge in [-0.05, 0) is 39.5 Å². The molecule has 1 atom stereocenters. The van der Waals surface area contributed by atoms with Gasteiger partial charge < -0.3 is 4.74 Å². The SMILES string of the molecule is CCOC(=O)C(C)/C1=C/CCCCCCCCC1. The molecule has 0 amide bonds. The van der Waals surface area contributed by atoms with Crippen LogP contribution in [-0.4, -0.2) is 12.6 Å². The van der Waals surface area contributed by atoms with Crippen LogP contribution < -0.4 is 0 Å². The fraction of sp³-hybridized carbons (Fsp3) is 0.812. The van der Waals surface area contributed by atoms with Gasteiger partial charge >= 0.3 is 5.97 Å². The first-order chi connectivity index (χ1) is 8.75. The highest BCUT2D eigenvalue weighted by molar-refractivity contribution is 5.75. The first-order valence-electron chi connectivity index (χ1n) is 7.61. The van der Waals surface area contributed by atoms with Crippen molar-refractivity contribution in [2.45, 2.75) is 71.6 Å². The lowest BCUT2D eigenvalue weighted by Gasteiger charge is -2.15. The lowest BCUT2D eigenvalue weighted by atomic mass is 9.94. The van der Waals surface area contributed by atoms with Crippen molar-refractivity contribution < 1.29 is 9.53 Å². The number of carbonyl (C=O) groups is 1. The van der Waals surface area contributed by atoms with Gasteiger partial charge in [0.15, 0.2) is 0 Å². The summed E-state index contributed by atoms with van der Waals surface area (Å²) in [5.74, 6) is -0.107. The van der Waals surface area contributed by atoms with Crippen molar-refractivity contribution in [2.24, 2.45) is 5.92 Å². The van der Waals surface area contributed by atoms with Crippen molar-refractivity contribution in [1.82, 2.24) is 0 Å². The van der Waals surface area contributed by atoms with Crippen LogP contribution in [0.25, 0.3) is 0 Å². The third kappa shape index (κ3) is 5.70. The van der Waals surface area contributed by atoms with Crippen LogP contribution in [-0.2, 0) is 9.53 Å². The van der Waals surface area contributed by atoms with Gasteiger partial charge in [0.1, 0.15) is 0 Å². The zero-order valence-electron chi connectivity index (χ0n) is 12.0. The van der Waals surface area contributed by atoms with Crippen molar-refractivity contribution in [3.8, 4) is 0 Å². The van der Waals surface area contributed by atoms with Crippen molar-refractivity contribution in [1.29, 1.82) is 0 Å². The van der Waals surface area contributed by atoms with E-state index in [4.69, 9.17) is 4.74 Å². The molecule has 18 heavy (non-hydrogen) atoms. The second-order valence-corrected chi connectivity index (χ2v) is 5.27. The molecule has 0 N–H and O–H groups in total. The normalized spacial score (nSPS) is 23.3. The van der Waals surface area contributed by atoms with Gasteiger partial charge in [0.05, 0.1) is 12.5 Å². The Balaban J connectivity index is 2.56. The van der Waals surface area contributed by atoms with E-state index in [0.717, 1.165) is 12.8 Å². The van der Waals surface area contributed by atoms with Crippen LogP contribution >= 0.6 is 0 Å². The lowest BCUT2D eigenvalue weighted by Crippen LogP contribution is -2.17. The first kappa shape index (κ1) is 15.3. The average Bonchev–Trinajstić information content (AvgIpc) is 2.43. The summed E-state index contributed by atoms with van der Waals surface area (Å²) in [6.07, 6.45) is 13.7. The third-order valence-electron chi connectivity index (χ3n) is 3.77. The van der Waals surface area contributed by atoms with E-state index in [1.807, 2.05) is 13.8 Å². The number of rotatable bonds is 3. The molecule has 0 heterocycles. The van der Waals surface area contributed by atoms with Crippen LogP contribution in [0.2, 0.25) is 0 Å². The Hall–Kier alpha value is -0.790. The molecular weight excluding hydrogens is 224 g/mol. The van der Waals surface area contributed by atoms with E-state index >= 15 is 0 Å². The van der Waals surface area contributed by atoms with Crippen molar-refractivity contribution in [2.75, 3.05) is 6.61 Å². The van der Waals surface area contributed by atoms with Gasteiger partial charge in [-0.1, -0.05) is 43.8 Å². The van der Waals surface area contributed by atoms with Crippen molar-refractivity contribution >= 4 is 5.97 Å². The highest BCUT2D eigenvalue weighted by Crippen LogP contribution is 2.23. The number of ether oxygens (including phenoxy) is 1. The maximum absolute atomic E-state index is 11.8.